The fraction of sp³-hybridized carbons (Fsp3) is 0.667. The van der Waals surface area contributed by atoms with E-state index in [-0.39, 0.29) is 11.5 Å². The molecule has 0 unspecified atom stereocenters. The monoisotopic (exact) mass is 310 g/mol. The summed E-state index contributed by atoms with van der Waals surface area (Å²) in [6.45, 7) is 6.80. The molecule has 0 aliphatic heterocycles. The molecule has 0 bridgehead atoms. The number of rotatable bonds is 11. The van der Waals surface area contributed by atoms with Crippen molar-refractivity contribution in [3.8, 4) is 17.2 Å². The summed E-state index contributed by atoms with van der Waals surface area (Å²) < 4.78 is 0. The molecule has 0 saturated heterocycles. The number of phenolic OH excluding ortho intramolecular Hbond substituents is 2. The van der Waals surface area contributed by atoms with Gasteiger partial charge in [0.05, 0.1) is 6.61 Å². The van der Waals surface area contributed by atoms with Gasteiger partial charge in [0.15, 0.2) is 17.2 Å². The van der Waals surface area contributed by atoms with Gasteiger partial charge in [-0.15, -0.1) is 0 Å². The third-order valence-corrected chi connectivity index (χ3v) is 3.73. The van der Waals surface area contributed by atoms with Gasteiger partial charge in [0.1, 0.15) is 0 Å². The van der Waals surface area contributed by atoms with Crippen LogP contribution in [0.5, 0.6) is 17.2 Å². The predicted octanol–water partition coefficient (Wildman–Crippen LogP) is 4.89. The molecule has 0 aliphatic rings. The molecule has 1 aromatic carbocycles. The van der Waals surface area contributed by atoms with Crippen LogP contribution in [0.4, 0.5) is 0 Å². The Morgan fingerprint density at radius 3 is 2.14 bits per heavy atom. The average molecular weight is 310 g/mol. The minimum Gasteiger partial charge on any atom is -0.504 e. The second kappa shape index (κ2) is 10.3. The van der Waals surface area contributed by atoms with E-state index in [0.29, 0.717) is 29.9 Å². The topological polar surface area (TPSA) is 58.9 Å². The summed E-state index contributed by atoms with van der Waals surface area (Å²) in [5.74, 6) is 0.461. The van der Waals surface area contributed by atoms with E-state index >= 15 is 0 Å². The van der Waals surface area contributed by atoms with Crippen molar-refractivity contribution in [2.45, 2.75) is 72.1 Å². The molecule has 0 radical (unpaired) electrons. The van der Waals surface area contributed by atoms with E-state index in [1.165, 1.54) is 0 Å². The maximum Gasteiger partial charge on any atom is 0.172 e. The summed E-state index contributed by atoms with van der Waals surface area (Å²) in [4.78, 5) is 10.7. The van der Waals surface area contributed by atoms with Crippen LogP contribution in [0.2, 0.25) is 0 Å². The molecule has 126 valence electrons. The molecule has 4 nitrogen and oxygen atoms in total. The van der Waals surface area contributed by atoms with Crippen LogP contribution in [0.3, 0.4) is 0 Å². The lowest BCUT2D eigenvalue weighted by atomic mass is 9.99. The Bertz CT molecular complexity index is 443. The highest BCUT2D eigenvalue weighted by Crippen LogP contribution is 2.40. The zero-order valence-electron chi connectivity index (χ0n) is 14.2. The first-order valence-electron chi connectivity index (χ1n) is 8.51. The van der Waals surface area contributed by atoms with E-state index in [9.17, 15) is 10.2 Å². The molecule has 1 aromatic rings. The van der Waals surface area contributed by atoms with Gasteiger partial charge in [0.2, 0.25) is 0 Å². The van der Waals surface area contributed by atoms with Crippen molar-refractivity contribution in [1.29, 1.82) is 0 Å². The number of hydrogen-bond donors (Lipinski definition) is 2. The molecular formula is C18H30O4. The fourth-order valence-corrected chi connectivity index (χ4v) is 2.26. The Kier molecular flexibility index (Phi) is 8.75. The van der Waals surface area contributed by atoms with Crippen LogP contribution < -0.4 is 4.89 Å². The zero-order chi connectivity index (χ0) is 16.4. The van der Waals surface area contributed by atoms with Gasteiger partial charge in [0.25, 0.3) is 0 Å². The van der Waals surface area contributed by atoms with Crippen molar-refractivity contribution in [1.82, 2.24) is 0 Å². The molecule has 0 aliphatic carbocycles. The largest absolute Gasteiger partial charge is 0.504 e. The summed E-state index contributed by atoms with van der Waals surface area (Å²) >= 11 is 0. The molecule has 1 rings (SSSR count). The van der Waals surface area contributed by atoms with Gasteiger partial charge in [-0.05, 0) is 38.2 Å². The Morgan fingerprint density at radius 1 is 0.864 bits per heavy atom. The molecule has 0 amide bonds. The van der Waals surface area contributed by atoms with Gasteiger partial charge in [-0.1, -0.05) is 40.0 Å². The summed E-state index contributed by atoms with van der Waals surface area (Å²) in [6.07, 6.45) is 7.26. The van der Waals surface area contributed by atoms with Gasteiger partial charge in [-0.3, -0.25) is 0 Å². The lowest BCUT2D eigenvalue weighted by Crippen LogP contribution is -2.03. The van der Waals surface area contributed by atoms with E-state index in [0.717, 1.165) is 44.9 Å². The highest BCUT2D eigenvalue weighted by Gasteiger charge is 2.18. The summed E-state index contributed by atoms with van der Waals surface area (Å²) in [5, 5.41) is 20.5. The molecule has 0 atom stereocenters. The van der Waals surface area contributed by atoms with Crippen LogP contribution in [0, 0.1) is 0 Å². The second-order valence-corrected chi connectivity index (χ2v) is 5.68. The maximum atomic E-state index is 10.3. The first kappa shape index (κ1) is 18.6. The third-order valence-electron chi connectivity index (χ3n) is 3.73. The Hall–Kier alpha value is -1.42. The molecule has 0 saturated carbocycles. The molecular weight excluding hydrogens is 280 g/mol. The van der Waals surface area contributed by atoms with Crippen LogP contribution in [0.1, 0.15) is 70.4 Å². The summed E-state index contributed by atoms with van der Waals surface area (Å²) in [5.41, 5.74) is 1.35. The second-order valence-electron chi connectivity index (χ2n) is 5.68. The number of aryl methyl sites for hydroxylation is 1. The van der Waals surface area contributed by atoms with Crippen LogP contribution in [0.15, 0.2) is 6.07 Å². The lowest BCUT2D eigenvalue weighted by molar-refractivity contribution is -0.207. The van der Waals surface area contributed by atoms with E-state index in [1.807, 2.05) is 6.07 Å². The van der Waals surface area contributed by atoms with Gasteiger partial charge < -0.3 is 15.1 Å². The van der Waals surface area contributed by atoms with Crippen molar-refractivity contribution in [3.05, 3.63) is 17.2 Å². The van der Waals surface area contributed by atoms with Gasteiger partial charge >= 0.3 is 0 Å². The highest BCUT2D eigenvalue weighted by molar-refractivity contribution is 5.57. The van der Waals surface area contributed by atoms with Crippen molar-refractivity contribution in [3.63, 3.8) is 0 Å². The van der Waals surface area contributed by atoms with E-state index in [1.54, 1.807) is 0 Å². The summed E-state index contributed by atoms with van der Waals surface area (Å²) in [7, 11) is 0. The summed E-state index contributed by atoms with van der Waals surface area (Å²) in [6, 6.07) is 1.81. The molecule has 0 heterocycles. The standard InChI is InChI=1S/C18H30O4/c1-4-7-10-14-13-16(22-21-12-9-6-3)15(11-8-5-2)18(20)17(14)19/h13,19-20H,4-12H2,1-3H3. The van der Waals surface area contributed by atoms with Gasteiger partial charge in [0, 0.05) is 11.1 Å². The first-order valence-corrected chi connectivity index (χ1v) is 8.51. The number of aromatic hydroxyl groups is 2. The van der Waals surface area contributed by atoms with Crippen molar-refractivity contribution in [2.24, 2.45) is 0 Å². The molecule has 22 heavy (non-hydrogen) atoms. The van der Waals surface area contributed by atoms with E-state index in [2.05, 4.69) is 20.8 Å². The molecule has 0 fully saturated rings. The van der Waals surface area contributed by atoms with Crippen molar-refractivity contribution in [2.75, 3.05) is 6.61 Å². The lowest BCUT2D eigenvalue weighted by Gasteiger charge is -2.15. The van der Waals surface area contributed by atoms with Crippen molar-refractivity contribution < 1.29 is 20.0 Å². The Balaban J connectivity index is 2.97. The number of hydrogen-bond acceptors (Lipinski definition) is 4. The number of benzene rings is 1. The number of phenols is 2. The fourth-order valence-electron chi connectivity index (χ4n) is 2.26. The molecule has 0 spiro atoms. The van der Waals surface area contributed by atoms with Crippen LogP contribution in [0.25, 0.3) is 0 Å². The van der Waals surface area contributed by atoms with E-state index in [4.69, 9.17) is 9.78 Å². The Labute approximate surface area is 134 Å². The molecule has 4 heteroatoms. The quantitative estimate of drug-likeness (QED) is 0.264. The maximum absolute atomic E-state index is 10.3. The minimum atomic E-state index is -0.0591. The average Bonchev–Trinajstić information content (AvgIpc) is 2.52. The Morgan fingerprint density at radius 2 is 1.50 bits per heavy atom. The molecule has 2 N–H and O–H groups in total. The molecule has 0 aromatic heterocycles. The normalized spacial score (nSPS) is 10.9. The SMILES string of the molecule is CCCCOOc1cc(CCCC)c(O)c(O)c1CCCC. The van der Waals surface area contributed by atoms with Gasteiger partial charge in [-0.2, -0.15) is 4.89 Å². The smallest absolute Gasteiger partial charge is 0.172 e. The van der Waals surface area contributed by atoms with Crippen LogP contribution in [-0.4, -0.2) is 16.8 Å². The third kappa shape index (κ3) is 5.41. The minimum absolute atomic E-state index is 0.0135. The first-order chi connectivity index (χ1) is 10.7. The van der Waals surface area contributed by atoms with Crippen molar-refractivity contribution >= 4 is 0 Å². The number of unbranched alkanes of at least 4 members (excludes halogenated alkanes) is 3. The predicted molar refractivity (Wildman–Crippen MR) is 88.5 cm³/mol. The van der Waals surface area contributed by atoms with Crippen LogP contribution in [-0.2, 0) is 17.7 Å². The highest BCUT2D eigenvalue weighted by atomic mass is 17.2. The van der Waals surface area contributed by atoms with Gasteiger partial charge in [-0.25, -0.2) is 0 Å². The van der Waals surface area contributed by atoms with E-state index < -0.39 is 0 Å². The van der Waals surface area contributed by atoms with Crippen LogP contribution >= 0.6 is 0 Å². The zero-order valence-corrected chi connectivity index (χ0v) is 14.2.